The molecular weight excluding hydrogens is 210 g/mol. The van der Waals surface area contributed by atoms with Gasteiger partial charge in [-0.2, -0.15) is 5.10 Å². The summed E-state index contributed by atoms with van der Waals surface area (Å²) in [6.45, 7) is 2.18. The Hall–Kier alpha value is -1.61. The number of aromatic amines is 1. The molecule has 1 aromatic heterocycles. The molecule has 1 aromatic carbocycles. The zero-order chi connectivity index (χ0) is 11.7. The summed E-state index contributed by atoms with van der Waals surface area (Å²) < 4.78 is 0. The molecule has 0 radical (unpaired) electrons. The third-order valence-electron chi connectivity index (χ3n) is 3.57. The molecule has 1 heterocycles. The van der Waals surface area contributed by atoms with E-state index in [1.807, 2.05) is 6.07 Å². The van der Waals surface area contributed by atoms with Crippen molar-refractivity contribution in [3.8, 4) is 0 Å². The lowest BCUT2D eigenvalue weighted by Crippen LogP contribution is -2.23. The summed E-state index contributed by atoms with van der Waals surface area (Å²) in [6, 6.07) is 11.5. The Bertz CT molecular complexity index is 490. The van der Waals surface area contributed by atoms with E-state index in [1.165, 1.54) is 24.0 Å². The molecule has 2 atom stereocenters. The fourth-order valence-electron chi connectivity index (χ4n) is 2.63. The number of H-pyrrole nitrogens is 1. The molecule has 88 valence electrons. The molecule has 1 aliphatic rings. The fourth-order valence-corrected chi connectivity index (χ4v) is 2.63. The predicted molar refractivity (Wildman–Crippen MR) is 67.6 cm³/mol. The van der Waals surface area contributed by atoms with Gasteiger partial charge in [0.2, 0.25) is 0 Å². The second-order valence-corrected chi connectivity index (χ2v) is 4.69. The second kappa shape index (κ2) is 4.34. The Labute approximate surface area is 101 Å². The Morgan fingerprint density at radius 3 is 3.06 bits per heavy atom. The molecule has 0 fully saturated rings. The average Bonchev–Trinajstić information content (AvgIpc) is 2.98. The predicted octanol–water partition coefficient (Wildman–Crippen LogP) is 2.75. The van der Waals surface area contributed by atoms with Gasteiger partial charge in [-0.05, 0) is 37.0 Å². The molecule has 17 heavy (non-hydrogen) atoms. The molecule has 0 saturated carbocycles. The zero-order valence-electron chi connectivity index (χ0n) is 9.98. The molecule has 0 bridgehead atoms. The molecule has 2 aromatic rings. The van der Waals surface area contributed by atoms with Gasteiger partial charge in [0.25, 0.3) is 0 Å². The SMILES string of the molecule is CC(NC1CCc2ccccc21)c1ccn[nH]1. The van der Waals surface area contributed by atoms with E-state index in [4.69, 9.17) is 0 Å². The lowest BCUT2D eigenvalue weighted by molar-refractivity contribution is 0.458. The van der Waals surface area contributed by atoms with Crippen LogP contribution in [0.4, 0.5) is 0 Å². The highest BCUT2D eigenvalue weighted by Gasteiger charge is 2.23. The molecule has 0 spiro atoms. The van der Waals surface area contributed by atoms with Gasteiger partial charge in [0.15, 0.2) is 0 Å². The van der Waals surface area contributed by atoms with E-state index in [2.05, 4.69) is 46.7 Å². The van der Waals surface area contributed by atoms with Crippen molar-refractivity contribution in [2.45, 2.75) is 31.8 Å². The van der Waals surface area contributed by atoms with Crippen molar-refractivity contribution in [2.75, 3.05) is 0 Å². The first kappa shape index (κ1) is 10.5. The molecule has 3 rings (SSSR count). The van der Waals surface area contributed by atoms with Gasteiger partial charge >= 0.3 is 0 Å². The Balaban J connectivity index is 1.75. The van der Waals surface area contributed by atoms with Crippen molar-refractivity contribution < 1.29 is 0 Å². The highest BCUT2D eigenvalue weighted by atomic mass is 15.1. The van der Waals surface area contributed by atoms with Crippen molar-refractivity contribution >= 4 is 0 Å². The summed E-state index contributed by atoms with van der Waals surface area (Å²) in [7, 11) is 0. The van der Waals surface area contributed by atoms with Crippen LogP contribution >= 0.6 is 0 Å². The van der Waals surface area contributed by atoms with Gasteiger partial charge in [-0.3, -0.25) is 5.10 Å². The number of nitrogens with zero attached hydrogens (tertiary/aromatic N) is 1. The molecule has 0 amide bonds. The van der Waals surface area contributed by atoms with Crippen LogP contribution < -0.4 is 5.32 Å². The van der Waals surface area contributed by atoms with Gasteiger partial charge in [-0.15, -0.1) is 0 Å². The average molecular weight is 227 g/mol. The van der Waals surface area contributed by atoms with E-state index in [1.54, 1.807) is 6.20 Å². The van der Waals surface area contributed by atoms with E-state index in [9.17, 15) is 0 Å². The lowest BCUT2D eigenvalue weighted by Gasteiger charge is -2.19. The number of aromatic nitrogens is 2. The topological polar surface area (TPSA) is 40.7 Å². The van der Waals surface area contributed by atoms with Gasteiger partial charge in [-0.1, -0.05) is 24.3 Å². The Kier molecular flexibility index (Phi) is 2.69. The van der Waals surface area contributed by atoms with Crippen LogP contribution in [0.3, 0.4) is 0 Å². The minimum absolute atomic E-state index is 0.314. The molecule has 2 unspecified atom stereocenters. The monoisotopic (exact) mass is 227 g/mol. The van der Waals surface area contributed by atoms with Gasteiger partial charge < -0.3 is 5.32 Å². The number of benzene rings is 1. The zero-order valence-corrected chi connectivity index (χ0v) is 9.98. The fraction of sp³-hybridized carbons (Fsp3) is 0.357. The van der Waals surface area contributed by atoms with E-state index >= 15 is 0 Å². The summed E-state index contributed by atoms with van der Waals surface area (Å²) in [5, 5.41) is 10.7. The maximum absolute atomic E-state index is 4.00. The van der Waals surface area contributed by atoms with Gasteiger partial charge in [0.1, 0.15) is 0 Å². The summed E-state index contributed by atoms with van der Waals surface area (Å²) in [5.74, 6) is 0. The van der Waals surface area contributed by atoms with Crippen LogP contribution in [0.1, 0.15) is 42.2 Å². The maximum atomic E-state index is 4.00. The van der Waals surface area contributed by atoms with Crippen LogP contribution in [0.2, 0.25) is 0 Å². The first-order valence-electron chi connectivity index (χ1n) is 6.18. The van der Waals surface area contributed by atoms with E-state index < -0.39 is 0 Å². The van der Waals surface area contributed by atoms with Crippen molar-refractivity contribution in [1.82, 2.24) is 15.5 Å². The Morgan fingerprint density at radius 1 is 1.35 bits per heavy atom. The maximum Gasteiger partial charge on any atom is 0.0518 e. The smallest absolute Gasteiger partial charge is 0.0518 e. The van der Waals surface area contributed by atoms with Crippen molar-refractivity contribution in [1.29, 1.82) is 0 Å². The minimum Gasteiger partial charge on any atom is -0.302 e. The number of nitrogens with one attached hydrogen (secondary N) is 2. The first-order valence-corrected chi connectivity index (χ1v) is 6.18. The number of hydrogen-bond donors (Lipinski definition) is 2. The highest BCUT2D eigenvalue weighted by molar-refractivity contribution is 5.34. The highest BCUT2D eigenvalue weighted by Crippen LogP contribution is 2.32. The van der Waals surface area contributed by atoms with E-state index in [-0.39, 0.29) is 0 Å². The first-order chi connectivity index (χ1) is 8.34. The van der Waals surface area contributed by atoms with Crippen LogP contribution in [0.15, 0.2) is 36.5 Å². The summed E-state index contributed by atoms with van der Waals surface area (Å²) in [6.07, 6.45) is 4.18. The Morgan fingerprint density at radius 2 is 2.24 bits per heavy atom. The van der Waals surface area contributed by atoms with Crippen LogP contribution in [-0.4, -0.2) is 10.2 Å². The van der Waals surface area contributed by atoms with Gasteiger partial charge in [-0.25, -0.2) is 0 Å². The standard InChI is InChI=1S/C14H17N3/c1-10(13-8-9-15-17-13)16-14-7-6-11-4-2-3-5-12(11)14/h2-5,8-10,14,16H,6-7H2,1H3,(H,15,17). The van der Waals surface area contributed by atoms with Crippen molar-refractivity contribution in [3.63, 3.8) is 0 Å². The third kappa shape index (κ3) is 1.98. The summed E-state index contributed by atoms with van der Waals surface area (Å²) in [4.78, 5) is 0. The van der Waals surface area contributed by atoms with Crippen LogP contribution in [-0.2, 0) is 6.42 Å². The lowest BCUT2D eigenvalue weighted by atomic mass is 10.1. The van der Waals surface area contributed by atoms with Gasteiger partial charge in [0, 0.05) is 18.3 Å². The number of hydrogen-bond acceptors (Lipinski definition) is 2. The molecule has 0 saturated heterocycles. The van der Waals surface area contributed by atoms with E-state index in [0.29, 0.717) is 12.1 Å². The van der Waals surface area contributed by atoms with Crippen LogP contribution in [0, 0.1) is 0 Å². The van der Waals surface area contributed by atoms with E-state index in [0.717, 1.165) is 5.69 Å². The molecule has 3 nitrogen and oxygen atoms in total. The largest absolute Gasteiger partial charge is 0.302 e. The molecule has 0 aliphatic heterocycles. The third-order valence-corrected chi connectivity index (χ3v) is 3.57. The molecular formula is C14H17N3. The molecule has 1 aliphatic carbocycles. The number of rotatable bonds is 3. The van der Waals surface area contributed by atoms with Gasteiger partial charge in [0.05, 0.1) is 5.69 Å². The van der Waals surface area contributed by atoms with Crippen LogP contribution in [0.25, 0.3) is 0 Å². The second-order valence-electron chi connectivity index (χ2n) is 4.69. The van der Waals surface area contributed by atoms with Crippen LogP contribution in [0.5, 0.6) is 0 Å². The quantitative estimate of drug-likeness (QED) is 0.846. The normalized spacial score (nSPS) is 20.2. The van der Waals surface area contributed by atoms with Crippen molar-refractivity contribution in [2.24, 2.45) is 0 Å². The number of fused-ring (bicyclic) bond motifs is 1. The summed E-state index contributed by atoms with van der Waals surface area (Å²) in [5.41, 5.74) is 4.09. The minimum atomic E-state index is 0.314. The molecule has 3 heteroatoms. The molecule has 2 N–H and O–H groups in total. The summed E-state index contributed by atoms with van der Waals surface area (Å²) >= 11 is 0. The number of aryl methyl sites for hydroxylation is 1. The van der Waals surface area contributed by atoms with Crippen molar-refractivity contribution in [3.05, 3.63) is 53.3 Å².